The first-order valence-electron chi connectivity index (χ1n) is 7.65. The Morgan fingerprint density at radius 2 is 1.59 bits per heavy atom. The average molecular weight is 241 g/mol. The fraction of sp³-hybridized carbons (Fsp3) is 1.00. The lowest BCUT2D eigenvalue weighted by atomic mass is 9.93. The zero-order chi connectivity index (χ0) is 12.3. The van der Waals surface area contributed by atoms with E-state index in [4.69, 9.17) is 4.74 Å². The highest BCUT2D eigenvalue weighted by molar-refractivity contribution is 4.76. The Morgan fingerprint density at radius 1 is 0.941 bits per heavy atom. The van der Waals surface area contributed by atoms with E-state index >= 15 is 0 Å². The highest BCUT2D eigenvalue weighted by atomic mass is 16.5. The Kier molecular flexibility index (Phi) is 8.72. The Labute approximate surface area is 108 Å². The van der Waals surface area contributed by atoms with Gasteiger partial charge in [0.15, 0.2) is 0 Å². The van der Waals surface area contributed by atoms with Crippen molar-refractivity contribution >= 4 is 0 Å². The maximum atomic E-state index is 5.95. The van der Waals surface area contributed by atoms with Gasteiger partial charge >= 0.3 is 0 Å². The van der Waals surface area contributed by atoms with Gasteiger partial charge in [0.25, 0.3) is 0 Å². The molecule has 1 N–H and O–H groups in total. The third-order valence-electron chi connectivity index (χ3n) is 3.93. The van der Waals surface area contributed by atoms with Gasteiger partial charge in [0.05, 0.1) is 6.10 Å². The largest absolute Gasteiger partial charge is 0.378 e. The number of unbranched alkanes of at least 4 members (excludes halogenated alkanes) is 5. The minimum absolute atomic E-state index is 0.551. The molecule has 17 heavy (non-hydrogen) atoms. The summed E-state index contributed by atoms with van der Waals surface area (Å²) in [5, 5.41) is 3.36. The predicted molar refractivity (Wildman–Crippen MR) is 74.4 cm³/mol. The van der Waals surface area contributed by atoms with Gasteiger partial charge in [-0.05, 0) is 39.2 Å². The van der Waals surface area contributed by atoms with Crippen LogP contribution in [0.25, 0.3) is 0 Å². The van der Waals surface area contributed by atoms with Crippen LogP contribution in [-0.4, -0.2) is 25.8 Å². The number of rotatable bonds is 9. The van der Waals surface area contributed by atoms with Crippen LogP contribution in [0.1, 0.15) is 71.1 Å². The van der Waals surface area contributed by atoms with Gasteiger partial charge in [-0.2, -0.15) is 0 Å². The second-order valence-corrected chi connectivity index (χ2v) is 5.40. The zero-order valence-corrected chi connectivity index (χ0v) is 11.8. The summed E-state index contributed by atoms with van der Waals surface area (Å²) in [4.78, 5) is 0. The van der Waals surface area contributed by atoms with Crippen molar-refractivity contribution in [1.82, 2.24) is 5.32 Å². The highest BCUT2D eigenvalue weighted by Crippen LogP contribution is 2.21. The minimum atomic E-state index is 0.551. The van der Waals surface area contributed by atoms with Crippen molar-refractivity contribution in [2.24, 2.45) is 0 Å². The molecule has 2 nitrogen and oxygen atoms in total. The van der Waals surface area contributed by atoms with Gasteiger partial charge in [-0.15, -0.1) is 0 Å². The molecule has 0 atom stereocenters. The lowest BCUT2D eigenvalue weighted by Gasteiger charge is -2.28. The molecule has 0 bridgehead atoms. The van der Waals surface area contributed by atoms with Crippen LogP contribution in [0.3, 0.4) is 0 Å². The molecule has 0 saturated heterocycles. The summed E-state index contributed by atoms with van der Waals surface area (Å²) in [6, 6.07) is 0.740. The quantitative estimate of drug-likeness (QED) is 0.618. The van der Waals surface area contributed by atoms with E-state index in [0.29, 0.717) is 6.10 Å². The monoisotopic (exact) mass is 241 g/mol. The van der Waals surface area contributed by atoms with Crippen LogP contribution in [-0.2, 0) is 4.74 Å². The lowest BCUT2D eigenvalue weighted by molar-refractivity contribution is 0.0210. The predicted octanol–water partition coefficient (Wildman–Crippen LogP) is 3.89. The Bertz CT molecular complexity index is 164. The minimum Gasteiger partial charge on any atom is -0.378 e. The first-order valence-corrected chi connectivity index (χ1v) is 7.65. The smallest absolute Gasteiger partial charge is 0.0576 e. The second kappa shape index (κ2) is 9.90. The normalized spacial score (nSPS) is 25.1. The Morgan fingerprint density at radius 3 is 2.24 bits per heavy atom. The SMILES string of the molecule is CCCCCCCCOC1CCC(NC)CC1. The lowest BCUT2D eigenvalue weighted by Crippen LogP contribution is -2.33. The first-order chi connectivity index (χ1) is 8.36. The molecular weight excluding hydrogens is 210 g/mol. The molecule has 1 saturated carbocycles. The van der Waals surface area contributed by atoms with E-state index in [1.807, 2.05) is 0 Å². The average Bonchev–Trinajstić information content (AvgIpc) is 2.38. The summed E-state index contributed by atoms with van der Waals surface area (Å²) < 4.78 is 5.95. The molecule has 0 aliphatic heterocycles. The Hall–Kier alpha value is -0.0800. The van der Waals surface area contributed by atoms with Gasteiger partial charge in [0, 0.05) is 12.6 Å². The topological polar surface area (TPSA) is 21.3 Å². The first kappa shape index (κ1) is 15.0. The highest BCUT2D eigenvalue weighted by Gasteiger charge is 2.19. The van der Waals surface area contributed by atoms with Crippen molar-refractivity contribution in [1.29, 1.82) is 0 Å². The van der Waals surface area contributed by atoms with Gasteiger partial charge < -0.3 is 10.1 Å². The summed E-state index contributed by atoms with van der Waals surface area (Å²) >= 11 is 0. The van der Waals surface area contributed by atoms with Gasteiger partial charge in [-0.3, -0.25) is 0 Å². The van der Waals surface area contributed by atoms with Crippen molar-refractivity contribution in [2.75, 3.05) is 13.7 Å². The van der Waals surface area contributed by atoms with Gasteiger partial charge in [0.1, 0.15) is 0 Å². The molecule has 1 rings (SSSR count). The third kappa shape index (κ3) is 7.05. The Balaban J connectivity index is 1.87. The van der Waals surface area contributed by atoms with Crippen molar-refractivity contribution < 1.29 is 4.74 Å². The zero-order valence-electron chi connectivity index (χ0n) is 11.8. The van der Waals surface area contributed by atoms with Crippen molar-refractivity contribution in [3.8, 4) is 0 Å². The molecular formula is C15H31NO. The van der Waals surface area contributed by atoms with Crippen LogP contribution < -0.4 is 5.32 Å². The number of ether oxygens (including phenoxy) is 1. The van der Waals surface area contributed by atoms with Crippen LogP contribution in [0.2, 0.25) is 0 Å². The summed E-state index contributed by atoms with van der Waals surface area (Å²) in [6.07, 6.45) is 13.8. The molecule has 1 aliphatic rings. The van der Waals surface area contributed by atoms with Crippen molar-refractivity contribution in [2.45, 2.75) is 83.3 Å². The van der Waals surface area contributed by atoms with Gasteiger partial charge in [0.2, 0.25) is 0 Å². The molecule has 1 aliphatic carbocycles. The van der Waals surface area contributed by atoms with Crippen LogP contribution in [0.15, 0.2) is 0 Å². The molecule has 1 fully saturated rings. The van der Waals surface area contributed by atoms with E-state index in [2.05, 4.69) is 19.3 Å². The van der Waals surface area contributed by atoms with Crippen molar-refractivity contribution in [3.05, 3.63) is 0 Å². The van der Waals surface area contributed by atoms with Gasteiger partial charge in [-0.1, -0.05) is 39.0 Å². The molecule has 102 valence electrons. The van der Waals surface area contributed by atoms with E-state index in [1.54, 1.807) is 0 Å². The molecule has 2 heteroatoms. The molecule has 0 unspecified atom stereocenters. The fourth-order valence-corrected chi connectivity index (χ4v) is 2.65. The number of hydrogen-bond donors (Lipinski definition) is 1. The summed E-state index contributed by atoms with van der Waals surface area (Å²) in [6.45, 7) is 3.26. The standard InChI is InChI=1S/C15H31NO/c1-3-4-5-6-7-8-13-17-15-11-9-14(16-2)10-12-15/h14-16H,3-13H2,1-2H3. The van der Waals surface area contributed by atoms with E-state index in [-0.39, 0.29) is 0 Å². The van der Waals surface area contributed by atoms with E-state index in [0.717, 1.165) is 12.6 Å². The van der Waals surface area contributed by atoms with E-state index in [1.165, 1.54) is 64.2 Å². The fourth-order valence-electron chi connectivity index (χ4n) is 2.65. The van der Waals surface area contributed by atoms with Crippen molar-refractivity contribution in [3.63, 3.8) is 0 Å². The van der Waals surface area contributed by atoms with Crippen LogP contribution in [0, 0.1) is 0 Å². The van der Waals surface area contributed by atoms with Crippen LogP contribution in [0.4, 0.5) is 0 Å². The molecule has 0 radical (unpaired) electrons. The van der Waals surface area contributed by atoms with Crippen LogP contribution in [0.5, 0.6) is 0 Å². The maximum absolute atomic E-state index is 5.95. The summed E-state index contributed by atoms with van der Waals surface area (Å²) in [5.41, 5.74) is 0. The van der Waals surface area contributed by atoms with E-state index < -0.39 is 0 Å². The third-order valence-corrected chi connectivity index (χ3v) is 3.93. The second-order valence-electron chi connectivity index (χ2n) is 5.40. The van der Waals surface area contributed by atoms with Gasteiger partial charge in [-0.25, -0.2) is 0 Å². The molecule has 0 aromatic carbocycles. The molecule has 0 amide bonds. The summed E-state index contributed by atoms with van der Waals surface area (Å²) in [7, 11) is 2.07. The van der Waals surface area contributed by atoms with E-state index in [9.17, 15) is 0 Å². The maximum Gasteiger partial charge on any atom is 0.0576 e. The summed E-state index contributed by atoms with van der Waals surface area (Å²) in [5.74, 6) is 0. The molecule has 0 spiro atoms. The molecule has 0 aromatic heterocycles. The molecule has 0 aromatic rings. The number of nitrogens with one attached hydrogen (secondary N) is 1. The van der Waals surface area contributed by atoms with Crippen LogP contribution >= 0.6 is 0 Å². The number of hydrogen-bond acceptors (Lipinski definition) is 2. The molecule has 0 heterocycles.